The van der Waals surface area contributed by atoms with Gasteiger partial charge >= 0.3 is 6.18 Å². The second-order valence-corrected chi connectivity index (χ2v) is 9.42. The predicted molar refractivity (Wildman–Crippen MR) is 113 cm³/mol. The first-order valence-corrected chi connectivity index (χ1v) is 11.7. The van der Waals surface area contributed by atoms with Gasteiger partial charge in [0.2, 0.25) is 10.0 Å². The van der Waals surface area contributed by atoms with Crippen LogP contribution in [-0.4, -0.2) is 44.9 Å². The van der Waals surface area contributed by atoms with E-state index < -0.39 is 33.7 Å². The Morgan fingerprint density at radius 2 is 1.84 bits per heavy atom. The van der Waals surface area contributed by atoms with Crippen LogP contribution in [0.1, 0.15) is 46.9 Å². The Morgan fingerprint density at radius 3 is 2.47 bits per heavy atom. The van der Waals surface area contributed by atoms with Crippen molar-refractivity contribution in [3.63, 3.8) is 0 Å². The summed E-state index contributed by atoms with van der Waals surface area (Å²) in [6, 6.07) is 8.46. The third-order valence-corrected chi connectivity index (χ3v) is 7.34. The van der Waals surface area contributed by atoms with Crippen molar-refractivity contribution in [1.82, 2.24) is 9.62 Å². The van der Waals surface area contributed by atoms with Gasteiger partial charge in [0.05, 0.1) is 29.7 Å². The number of alkyl halides is 3. The zero-order chi connectivity index (χ0) is 23.5. The molecule has 10 heteroatoms. The minimum absolute atomic E-state index is 0.0567. The van der Waals surface area contributed by atoms with Gasteiger partial charge in [0.25, 0.3) is 5.91 Å². The summed E-state index contributed by atoms with van der Waals surface area (Å²) < 4.78 is 71.8. The highest BCUT2D eigenvalue weighted by atomic mass is 32.2. The third kappa shape index (κ3) is 5.31. The van der Waals surface area contributed by atoms with E-state index in [-0.39, 0.29) is 23.5 Å². The van der Waals surface area contributed by atoms with E-state index in [0.717, 1.165) is 12.1 Å². The molecule has 3 rings (SSSR count). The number of aryl methyl sites for hydroxylation is 1. The van der Waals surface area contributed by atoms with Gasteiger partial charge in [0, 0.05) is 18.7 Å². The summed E-state index contributed by atoms with van der Waals surface area (Å²) in [7, 11) is -3.82. The van der Waals surface area contributed by atoms with Crippen LogP contribution in [0.5, 0.6) is 0 Å². The summed E-state index contributed by atoms with van der Waals surface area (Å²) in [6.07, 6.45) is -4.03. The Hall–Kier alpha value is -2.43. The number of halogens is 3. The van der Waals surface area contributed by atoms with Crippen LogP contribution in [0.2, 0.25) is 0 Å². The fourth-order valence-electron chi connectivity index (χ4n) is 3.50. The zero-order valence-electron chi connectivity index (χ0n) is 17.8. The SMILES string of the molecule is CCc1ccc(C(=O)NC(C)c2cccc(C(F)(F)F)c2)cc1S(=O)(=O)N1CCOCC1. The Kier molecular flexibility index (Phi) is 7.26. The molecule has 1 fully saturated rings. The topological polar surface area (TPSA) is 75.7 Å². The molecule has 0 aliphatic carbocycles. The molecular weight excluding hydrogens is 445 g/mol. The molecule has 32 heavy (non-hydrogen) atoms. The van der Waals surface area contributed by atoms with Gasteiger partial charge in [0.1, 0.15) is 0 Å². The van der Waals surface area contributed by atoms with Crippen LogP contribution in [0.4, 0.5) is 13.2 Å². The fourth-order valence-corrected chi connectivity index (χ4v) is 5.23. The van der Waals surface area contributed by atoms with Gasteiger partial charge in [0.15, 0.2) is 0 Å². The zero-order valence-corrected chi connectivity index (χ0v) is 18.6. The van der Waals surface area contributed by atoms with Crippen molar-refractivity contribution >= 4 is 15.9 Å². The minimum Gasteiger partial charge on any atom is -0.379 e. The van der Waals surface area contributed by atoms with Crippen LogP contribution in [0, 0.1) is 0 Å². The summed E-state index contributed by atoms with van der Waals surface area (Å²) in [5.74, 6) is -0.573. The van der Waals surface area contributed by atoms with Crippen LogP contribution < -0.4 is 5.32 Å². The van der Waals surface area contributed by atoms with Gasteiger partial charge in [-0.3, -0.25) is 4.79 Å². The van der Waals surface area contributed by atoms with E-state index >= 15 is 0 Å². The number of carbonyl (C=O) groups is 1. The van der Waals surface area contributed by atoms with Crippen molar-refractivity contribution < 1.29 is 31.1 Å². The molecule has 2 aromatic carbocycles. The Balaban J connectivity index is 1.85. The first-order chi connectivity index (χ1) is 15.0. The average Bonchev–Trinajstić information content (AvgIpc) is 2.78. The number of nitrogens with zero attached hydrogens (tertiary/aromatic N) is 1. The molecule has 174 valence electrons. The lowest BCUT2D eigenvalue weighted by Crippen LogP contribution is -2.41. The van der Waals surface area contributed by atoms with Gasteiger partial charge in [-0.2, -0.15) is 17.5 Å². The van der Waals surface area contributed by atoms with Crippen molar-refractivity contribution in [2.24, 2.45) is 0 Å². The van der Waals surface area contributed by atoms with Gasteiger partial charge in [-0.25, -0.2) is 8.42 Å². The second kappa shape index (κ2) is 9.60. The van der Waals surface area contributed by atoms with Gasteiger partial charge < -0.3 is 10.1 Å². The molecule has 0 bridgehead atoms. The molecule has 1 heterocycles. The van der Waals surface area contributed by atoms with Gasteiger partial charge in [-0.1, -0.05) is 25.1 Å². The van der Waals surface area contributed by atoms with E-state index in [0.29, 0.717) is 30.8 Å². The Bertz CT molecular complexity index is 1080. The smallest absolute Gasteiger partial charge is 0.379 e. The molecule has 0 saturated carbocycles. The number of nitrogens with one attached hydrogen (secondary N) is 1. The minimum atomic E-state index is -4.49. The van der Waals surface area contributed by atoms with E-state index in [2.05, 4.69) is 5.32 Å². The van der Waals surface area contributed by atoms with Crippen molar-refractivity contribution in [3.8, 4) is 0 Å². The monoisotopic (exact) mass is 470 g/mol. The number of hydrogen-bond donors (Lipinski definition) is 1. The van der Waals surface area contributed by atoms with Crippen molar-refractivity contribution in [1.29, 1.82) is 0 Å². The molecule has 1 saturated heterocycles. The maximum Gasteiger partial charge on any atom is 0.416 e. The molecule has 0 radical (unpaired) electrons. The largest absolute Gasteiger partial charge is 0.416 e. The number of amides is 1. The number of carbonyl (C=O) groups excluding carboxylic acids is 1. The van der Waals surface area contributed by atoms with Crippen LogP contribution in [-0.2, 0) is 27.4 Å². The van der Waals surface area contributed by atoms with Crippen molar-refractivity contribution in [3.05, 3.63) is 64.7 Å². The highest BCUT2D eigenvalue weighted by Gasteiger charge is 2.31. The van der Waals surface area contributed by atoms with E-state index in [4.69, 9.17) is 4.74 Å². The maximum absolute atomic E-state index is 13.1. The number of morpholine rings is 1. The molecule has 1 amide bonds. The van der Waals surface area contributed by atoms with E-state index in [1.807, 2.05) is 6.92 Å². The number of hydrogen-bond acceptors (Lipinski definition) is 4. The standard InChI is InChI=1S/C22H25F3N2O4S/c1-3-16-7-8-18(14-20(16)32(29,30)27-9-11-31-12-10-27)21(28)26-15(2)17-5-4-6-19(13-17)22(23,24)25/h4-8,13-15H,3,9-12H2,1-2H3,(H,26,28). The number of rotatable bonds is 6. The molecule has 2 aromatic rings. The second-order valence-electron chi connectivity index (χ2n) is 7.51. The van der Waals surface area contributed by atoms with E-state index in [1.54, 1.807) is 13.0 Å². The molecule has 6 nitrogen and oxygen atoms in total. The first-order valence-electron chi connectivity index (χ1n) is 10.2. The lowest BCUT2D eigenvalue weighted by atomic mass is 10.0. The Labute approximate surface area is 185 Å². The van der Waals surface area contributed by atoms with Crippen molar-refractivity contribution in [2.45, 2.75) is 37.4 Å². The first kappa shape index (κ1) is 24.2. The lowest BCUT2D eigenvalue weighted by Gasteiger charge is -2.27. The van der Waals surface area contributed by atoms with Crippen LogP contribution in [0.15, 0.2) is 47.4 Å². The number of benzene rings is 2. The fraction of sp³-hybridized carbons (Fsp3) is 0.409. The molecule has 1 aliphatic rings. The molecular formula is C22H25F3N2O4S. The summed E-state index contributed by atoms with van der Waals surface area (Å²) in [5, 5.41) is 2.65. The molecule has 1 unspecified atom stereocenters. The molecule has 1 aliphatic heterocycles. The molecule has 0 spiro atoms. The van der Waals surface area contributed by atoms with Crippen LogP contribution >= 0.6 is 0 Å². The quantitative estimate of drug-likeness (QED) is 0.697. The van der Waals surface area contributed by atoms with E-state index in [1.165, 1.54) is 28.6 Å². The van der Waals surface area contributed by atoms with Crippen LogP contribution in [0.3, 0.4) is 0 Å². The van der Waals surface area contributed by atoms with E-state index in [9.17, 15) is 26.4 Å². The average molecular weight is 471 g/mol. The lowest BCUT2D eigenvalue weighted by molar-refractivity contribution is -0.137. The number of sulfonamides is 1. The highest BCUT2D eigenvalue weighted by molar-refractivity contribution is 7.89. The normalized spacial score (nSPS) is 16.5. The van der Waals surface area contributed by atoms with Crippen molar-refractivity contribution in [2.75, 3.05) is 26.3 Å². The summed E-state index contributed by atoms with van der Waals surface area (Å²) in [4.78, 5) is 12.9. The molecule has 1 N–H and O–H groups in total. The maximum atomic E-state index is 13.1. The molecule has 0 aromatic heterocycles. The third-order valence-electron chi connectivity index (χ3n) is 5.36. The summed E-state index contributed by atoms with van der Waals surface area (Å²) in [5.41, 5.74) is 0.189. The number of ether oxygens (including phenoxy) is 1. The van der Waals surface area contributed by atoms with Gasteiger partial charge in [-0.15, -0.1) is 0 Å². The summed E-state index contributed by atoms with van der Waals surface area (Å²) in [6.45, 7) is 4.45. The highest BCUT2D eigenvalue weighted by Crippen LogP contribution is 2.31. The Morgan fingerprint density at radius 1 is 1.16 bits per heavy atom. The van der Waals surface area contributed by atoms with Crippen LogP contribution in [0.25, 0.3) is 0 Å². The predicted octanol–water partition coefficient (Wildman–Crippen LogP) is 3.78. The van der Waals surface area contributed by atoms with Gasteiger partial charge in [-0.05, 0) is 48.7 Å². The molecule has 1 atom stereocenters. The summed E-state index contributed by atoms with van der Waals surface area (Å²) >= 11 is 0.